The van der Waals surface area contributed by atoms with E-state index >= 15 is 0 Å². The Kier molecular flexibility index (Phi) is 10.5. The first kappa shape index (κ1) is 21.3. The van der Waals surface area contributed by atoms with Crippen molar-refractivity contribution in [1.82, 2.24) is 16.0 Å². The first-order valence-electron chi connectivity index (χ1n) is 7.89. The van der Waals surface area contributed by atoms with Crippen molar-refractivity contribution in [2.24, 2.45) is 10.9 Å². The van der Waals surface area contributed by atoms with Gasteiger partial charge in [0.15, 0.2) is 5.96 Å². The molecule has 6 nitrogen and oxygen atoms in total. The number of aliphatic imine (C=N–C) groups is 1. The van der Waals surface area contributed by atoms with Crippen LogP contribution < -0.4 is 16.0 Å². The first-order chi connectivity index (χ1) is 9.90. The molecule has 22 heavy (non-hydrogen) atoms. The number of halogens is 1. The van der Waals surface area contributed by atoms with Crippen molar-refractivity contribution in [2.45, 2.75) is 52.6 Å². The molecule has 1 saturated carbocycles. The Morgan fingerprint density at radius 2 is 1.82 bits per heavy atom. The molecule has 3 N–H and O–H groups in total. The fraction of sp³-hybridized carbons (Fsp3) is 0.867. The van der Waals surface area contributed by atoms with E-state index in [1.54, 1.807) is 0 Å². The Labute approximate surface area is 151 Å². The van der Waals surface area contributed by atoms with Crippen LogP contribution in [0.5, 0.6) is 0 Å². The van der Waals surface area contributed by atoms with Gasteiger partial charge in [-0.3, -0.25) is 4.99 Å². The van der Waals surface area contributed by atoms with Gasteiger partial charge in [-0.2, -0.15) is 0 Å². The maximum Gasteiger partial charge on any atom is 0.407 e. The zero-order valence-electron chi connectivity index (χ0n) is 14.2. The van der Waals surface area contributed by atoms with Gasteiger partial charge in [0.25, 0.3) is 0 Å². The second kappa shape index (κ2) is 10.9. The van der Waals surface area contributed by atoms with E-state index < -0.39 is 5.60 Å². The Morgan fingerprint density at radius 3 is 2.36 bits per heavy atom. The molecule has 0 aliphatic heterocycles. The molecule has 0 unspecified atom stereocenters. The van der Waals surface area contributed by atoms with Gasteiger partial charge in [-0.05, 0) is 40.0 Å². The highest BCUT2D eigenvalue weighted by Crippen LogP contribution is 2.32. The number of amides is 1. The number of carbonyl (C=O) groups excluding carboxylic acids is 1. The zero-order chi connectivity index (χ0) is 15.7. The summed E-state index contributed by atoms with van der Waals surface area (Å²) in [7, 11) is 0. The lowest BCUT2D eigenvalue weighted by Gasteiger charge is -2.19. The molecule has 0 heterocycles. The van der Waals surface area contributed by atoms with Crippen LogP contribution in [-0.4, -0.2) is 43.8 Å². The minimum atomic E-state index is -0.462. The molecule has 0 aromatic carbocycles. The van der Waals surface area contributed by atoms with E-state index in [0.717, 1.165) is 25.0 Å². The largest absolute Gasteiger partial charge is 0.444 e. The van der Waals surface area contributed by atoms with Gasteiger partial charge in [0, 0.05) is 26.2 Å². The average Bonchev–Trinajstić information content (AvgIpc) is 3.16. The molecule has 0 bridgehead atoms. The van der Waals surface area contributed by atoms with Crippen LogP contribution in [0.1, 0.15) is 47.0 Å². The van der Waals surface area contributed by atoms with Gasteiger partial charge in [0.2, 0.25) is 0 Å². The van der Waals surface area contributed by atoms with E-state index in [4.69, 9.17) is 4.74 Å². The maximum absolute atomic E-state index is 11.5. The van der Waals surface area contributed by atoms with E-state index in [-0.39, 0.29) is 30.1 Å². The lowest BCUT2D eigenvalue weighted by molar-refractivity contribution is 0.0529. The first-order valence-corrected chi connectivity index (χ1v) is 7.89. The van der Waals surface area contributed by atoms with Crippen LogP contribution >= 0.6 is 24.0 Å². The summed E-state index contributed by atoms with van der Waals surface area (Å²) in [5.41, 5.74) is -0.462. The van der Waals surface area contributed by atoms with Crippen LogP contribution in [0.4, 0.5) is 4.79 Å². The zero-order valence-corrected chi connectivity index (χ0v) is 16.5. The average molecular weight is 426 g/mol. The van der Waals surface area contributed by atoms with Crippen LogP contribution in [0.15, 0.2) is 4.99 Å². The van der Waals surface area contributed by atoms with Crippen LogP contribution in [0.2, 0.25) is 0 Å². The lowest BCUT2D eigenvalue weighted by Crippen LogP contribution is -2.42. The highest BCUT2D eigenvalue weighted by Gasteiger charge is 2.20. The van der Waals surface area contributed by atoms with Gasteiger partial charge >= 0.3 is 6.09 Å². The van der Waals surface area contributed by atoms with Crippen LogP contribution in [0, 0.1) is 5.92 Å². The minimum Gasteiger partial charge on any atom is -0.444 e. The summed E-state index contributed by atoms with van der Waals surface area (Å²) < 4.78 is 5.17. The summed E-state index contributed by atoms with van der Waals surface area (Å²) in [4.78, 5) is 16.0. The molecule has 0 radical (unpaired) electrons. The summed E-state index contributed by atoms with van der Waals surface area (Å²) in [6.07, 6.45) is 3.51. The maximum atomic E-state index is 11.5. The molecule has 130 valence electrons. The third-order valence-electron chi connectivity index (χ3n) is 2.93. The van der Waals surface area contributed by atoms with Crippen molar-refractivity contribution in [1.29, 1.82) is 0 Å². The highest BCUT2D eigenvalue weighted by atomic mass is 127. The van der Waals surface area contributed by atoms with E-state index in [2.05, 4.69) is 20.9 Å². The summed E-state index contributed by atoms with van der Waals surface area (Å²) in [5.74, 6) is 1.70. The quantitative estimate of drug-likeness (QED) is 0.253. The molecular formula is C15H31IN4O2. The summed E-state index contributed by atoms with van der Waals surface area (Å²) in [5, 5.41) is 9.11. The molecule has 1 fully saturated rings. The number of hydrogen-bond acceptors (Lipinski definition) is 3. The van der Waals surface area contributed by atoms with E-state index in [0.29, 0.717) is 13.1 Å². The molecule has 0 saturated heterocycles. The summed E-state index contributed by atoms with van der Waals surface area (Å²) >= 11 is 0. The number of nitrogens with zero attached hydrogens (tertiary/aromatic N) is 1. The Hall–Kier alpha value is -0.730. The van der Waals surface area contributed by atoms with Crippen LogP contribution in [-0.2, 0) is 4.74 Å². The molecule has 1 aliphatic carbocycles. The second-order valence-corrected chi connectivity index (χ2v) is 6.35. The standard InChI is InChI=1S/C15H30N4O2.HI/c1-5-16-13(17-9-8-12-6-7-12)18-10-11-19-14(20)21-15(2,3)4;/h12H,5-11H2,1-4H3,(H,19,20)(H2,16,17,18);1H. The van der Waals surface area contributed by atoms with E-state index in [9.17, 15) is 4.79 Å². The van der Waals surface area contributed by atoms with Gasteiger partial charge < -0.3 is 20.7 Å². The number of alkyl carbamates (subject to hydrolysis) is 1. The second-order valence-electron chi connectivity index (χ2n) is 6.35. The number of ether oxygens (including phenoxy) is 1. The van der Waals surface area contributed by atoms with Crippen molar-refractivity contribution in [2.75, 3.05) is 26.2 Å². The molecule has 7 heteroatoms. The molecule has 0 aromatic rings. The monoisotopic (exact) mass is 426 g/mol. The highest BCUT2D eigenvalue weighted by molar-refractivity contribution is 14.0. The van der Waals surface area contributed by atoms with Crippen molar-refractivity contribution in [3.05, 3.63) is 0 Å². The van der Waals surface area contributed by atoms with Gasteiger partial charge in [-0.15, -0.1) is 24.0 Å². The molecule has 0 atom stereocenters. The Morgan fingerprint density at radius 1 is 1.18 bits per heavy atom. The van der Waals surface area contributed by atoms with Gasteiger partial charge in [0.05, 0.1) is 0 Å². The lowest BCUT2D eigenvalue weighted by atomic mass is 10.2. The Balaban J connectivity index is 0.00000441. The third-order valence-corrected chi connectivity index (χ3v) is 2.93. The number of guanidine groups is 1. The molecule has 1 rings (SSSR count). The number of rotatable bonds is 7. The molecule has 0 aromatic heterocycles. The number of hydrogen-bond donors (Lipinski definition) is 3. The predicted molar refractivity (Wildman–Crippen MR) is 101 cm³/mol. The molecule has 1 amide bonds. The topological polar surface area (TPSA) is 74.8 Å². The predicted octanol–water partition coefficient (Wildman–Crippen LogP) is 2.48. The third kappa shape index (κ3) is 11.9. The fourth-order valence-corrected chi connectivity index (χ4v) is 1.77. The Bertz CT molecular complexity index is 352. The van der Waals surface area contributed by atoms with Gasteiger partial charge in [-0.25, -0.2) is 4.79 Å². The molecule has 0 spiro atoms. The minimum absolute atomic E-state index is 0. The number of carbonyl (C=O) groups is 1. The van der Waals surface area contributed by atoms with E-state index in [1.165, 1.54) is 19.3 Å². The summed E-state index contributed by atoms with van der Waals surface area (Å²) in [6, 6.07) is 0. The van der Waals surface area contributed by atoms with Crippen molar-refractivity contribution >= 4 is 36.0 Å². The van der Waals surface area contributed by atoms with Crippen LogP contribution in [0.25, 0.3) is 0 Å². The number of nitrogens with one attached hydrogen (secondary N) is 3. The molecule has 1 aliphatic rings. The van der Waals surface area contributed by atoms with E-state index in [1.807, 2.05) is 27.7 Å². The van der Waals surface area contributed by atoms with Crippen LogP contribution in [0.3, 0.4) is 0 Å². The molecular weight excluding hydrogens is 395 g/mol. The summed E-state index contributed by atoms with van der Waals surface area (Å²) in [6.45, 7) is 10.4. The normalized spacial score (nSPS) is 14.8. The van der Waals surface area contributed by atoms with Gasteiger partial charge in [-0.1, -0.05) is 12.8 Å². The van der Waals surface area contributed by atoms with Crippen molar-refractivity contribution in [3.63, 3.8) is 0 Å². The SMILES string of the molecule is CCNC(=NCCC1CC1)NCCNC(=O)OC(C)(C)C.I. The van der Waals surface area contributed by atoms with Crippen molar-refractivity contribution < 1.29 is 9.53 Å². The fourth-order valence-electron chi connectivity index (χ4n) is 1.77. The van der Waals surface area contributed by atoms with Crippen molar-refractivity contribution in [3.8, 4) is 0 Å². The smallest absolute Gasteiger partial charge is 0.407 e. The van der Waals surface area contributed by atoms with Gasteiger partial charge in [0.1, 0.15) is 5.60 Å².